The summed E-state index contributed by atoms with van der Waals surface area (Å²) in [6.07, 6.45) is 0. The van der Waals surface area contributed by atoms with Gasteiger partial charge in [0.05, 0.1) is 0 Å². The van der Waals surface area contributed by atoms with Crippen molar-refractivity contribution in [2.75, 3.05) is 12.8 Å². The van der Waals surface area contributed by atoms with Crippen LogP contribution in [-0.2, 0) is 21.4 Å². The lowest BCUT2D eigenvalue weighted by atomic mass is 10.2. The molecular formula is C10H12ClNO4S. The molecule has 1 aromatic rings. The van der Waals surface area contributed by atoms with Gasteiger partial charge in [-0.1, -0.05) is 29.8 Å². The van der Waals surface area contributed by atoms with E-state index < -0.39 is 21.7 Å². The van der Waals surface area contributed by atoms with Crippen molar-refractivity contribution in [3.63, 3.8) is 0 Å². The third kappa shape index (κ3) is 3.99. The van der Waals surface area contributed by atoms with Gasteiger partial charge in [-0.15, -0.1) is 0 Å². The molecule has 1 rings (SSSR count). The average molecular weight is 278 g/mol. The highest BCUT2D eigenvalue weighted by Crippen LogP contribution is 2.17. The molecule has 0 aliphatic heterocycles. The van der Waals surface area contributed by atoms with Crippen LogP contribution in [0.25, 0.3) is 0 Å². The zero-order chi connectivity index (χ0) is 13.1. The van der Waals surface area contributed by atoms with Gasteiger partial charge in [0.15, 0.2) is 5.75 Å². The van der Waals surface area contributed by atoms with Crippen LogP contribution in [-0.4, -0.2) is 36.6 Å². The predicted octanol–water partition coefficient (Wildman–Crippen LogP) is 1.19. The van der Waals surface area contributed by atoms with E-state index in [0.29, 0.717) is 10.6 Å². The first-order valence-corrected chi connectivity index (χ1v) is 6.71. The Morgan fingerprint density at radius 1 is 1.41 bits per heavy atom. The van der Waals surface area contributed by atoms with Gasteiger partial charge in [0.25, 0.3) is 0 Å². The van der Waals surface area contributed by atoms with Crippen LogP contribution in [0.4, 0.5) is 0 Å². The highest BCUT2D eigenvalue weighted by atomic mass is 35.5. The number of hydrogen-bond donors (Lipinski definition) is 1. The molecule has 17 heavy (non-hydrogen) atoms. The van der Waals surface area contributed by atoms with Crippen molar-refractivity contribution < 1.29 is 18.3 Å². The molecule has 1 N–H and O–H groups in total. The van der Waals surface area contributed by atoms with Crippen LogP contribution >= 0.6 is 11.6 Å². The van der Waals surface area contributed by atoms with Crippen LogP contribution in [0.5, 0.6) is 0 Å². The summed E-state index contributed by atoms with van der Waals surface area (Å²) in [6.45, 7) is 0.0509. The van der Waals surface area contributed by atoms with Crippen molar-refractivity contribution in [1.82, 2.24) is 4.31 Å². The summed E-state index contributed by atoms with van der Waals surface area (Å²) in [5, 5.41) is 8.94. The Kier molecular flexibility index (Phi) is 4.50. The van der Waals surface area contributed by atoms with Crippen LogP contribution in [0.2, 0.25) is 5.02 Å². The molecule has 5 nitrogen and oxygen atoms in total. The lowest BCUT2D eigenvalue weighted by Gasteiger charge is -2.16. The Balaban J connectivity index is 2.83. The quantitative estimate of drug-likeness (QED) is 0.877. The molecule has 94 valence electrons. The van der Waals surface area contributed by atoms with E-state index >= 15 is 0 Å². The maximum Gasteiger partial charge on any atom is 0.320 e. The van der Waals surface area contributed by atoms with Gasteiger partial charge in [-0.3, -0.25) is 4.79 Å². The van der Waals surface area contributed by atoms with Gasteiger partial charge in [0.2, 0.25) is 10.0 Å². The molecule has 0 aliphatic rings. The Morgan fingerprint density at radius 3 is 2.53 bits per heavy atom. The first-order chi connectivity index (χ1) is 7.83. The largest absolute Gasteiger partial charge is 0.480 e. The maximum absolute atomic E-state index is 11.6. The standard InChI is InChI=1S/C10H12ClNO4S/c1-12(17(15,16)7-10(13)14)6-8-4-2-3-5-9(8)11/h2-5H,6-7H2,1H3,(H,13,14). The monoisotopic (exact) mass is 277 g/mol. The Bertz CT molecular complexity index is 515. The molecule has 0 amide bonds. The second-order valence-electron chi connectivity index (χ2n) is 3.50. The van der Waals surface area contributed by atoms with Crippen LogP contribution < -0.4 is 0 Å². The molecule has 0 radical (unpaired) electrons. The summed E-state index contributed by atoms with van der Waals surface area (Å²) in [6, 6.07) is 6.81. The van der Waals surface area contributed by atoms with Crippen LogP contribution in [0.1, 0.15) is 5.56 Å². The van der Waals surface area contributed by atoms with E-state index in [9.17, 15) is 13.2 Å². The van der Waals surface area contributed by atoms with Crippen LogP contribution in [0.3, 0.4) is 0 Å². The number of aliphatic carboxylic acids is 1. The van der Waals surface area contributed by atoms with Crippen molar-refractivity contribution in [3.05, 3.63) is 34.9 Å². The second-order valence-corrected chi connectivity index (χ2v) is 5.98. The van der Waals surface area contributed by atoms with E-state index in [-0.39, 0.29) is 6.54 Å². The number of hydrogen-bond acceptors (Lipinski definition) is 3. The van der Waals surface area contributed by atoms with Crippen molar-refractivity contribution in [2.45, 2.75) is 6.54 Å². The predicted molar refractivity (Wildman–Crippen MR) is 64.3 cm³/mol. The minimum absolute atomic E-state index is 0.0509. The van der Waals surface area contributed by atoms with Crippen molar-refractivity contribution in [2.24, 2.45) is 0 Å². The Morgan fingerprint density at radius 2 is 2.00 bits per heavy atom. The molecule has 0 unspecified atom stereocenters. The van der Waals surface area contributed by atoms with Gasteiger partial charge in [0, 0.05) is 18.6 Å². The minimum atomic E-state index is -3.80. The van der Waals surface area contributed by atoms with Gasteiger partial charge < -0.3 is 5.11 Å². The first kappa shape index (κ1) is 14.0. The van der Waals surface area contributed by atoms with Gasteiger partial charge in [-0.2, -0.15) is 0 Å². The third-order valence-electron chi connectivity index (χ3n) is 2.13. The average Bonchev–Trinajstić information content (AvgIpc) is 2.19. The molecule has 1 aromatic carbocycles. The topological polar surface area (TPSA) is 74.7 Å². The second kappa shape index (κ2) is 5.48. The molecule has 0 aromatic heterocycles. The molecule has 0 fully saturated rings. The van der Waals surface area contributed by atoms with Gasteiger partial charge in [-0.05, 0) is 11.6 Å². The SMILES string of the molecule is CN(Cc1ccccc1Cl)S(=O)(=O)CC(=O)O. The fourth-order valence-corrected chi connectivity index (χ4v) is 2.29. The van der Waals surface area contributed by atoms with E-state index in [4.69, 9.17) is 16.7 Å². The summed E-state index contributed by atoms with van der Waals surface area (Å²) in [7, 11) is -2.48. The number of carbonyl (C=O) groups is 1. The van der Waals surface area contributed by atoms with Crippen LogP contribution in [0.15, 0.2) is 24.3 Å². The van der Waals surface area contributed by atoms with Crippen molar-refractivity contribution in [1.29, 1.82) is 0 Å². The smallest absolute Gasteiger partial charge is 0.320 e. The van der Waals surface area contributed by atoms with E-state index in [0.717, 1.165) is 4.31 Å². The summed E-state index contributed by atoms with van der Waals surface area (Å²) >= 11 is 5.89. The lowest BCUT2D eigenvalue weighted by molar-refractivity contribution is -0.134. The summed E-state index contributed by atoms with van der Waals surface area (Å²) in [5.74, 6) is -2.30. The zero-order valence-electron chi connectivity index (χ0n) is 9.13. The lowest BCUT2D eigenvalue weighted by Crippen LogP contribution is -2.31. The zero-order valence-corrected chi connectivity index (χ0v) is 10.7. The highest BCUT2D eigenvalue weighted by molar-refractivity contribution is 7.89. The van der Waals surface area contributed by atoms with E-state index in [1.165, 1.54) is 7.05 Å². The fraction of sp³-hybridized carbons (Fsp3) is 0.300. The Labute approximate surface area is 105 Å². The maximum atomic E-state index is 11.6. The number of carboxylic acid groups (broad SMARTS) is 1. The van der Waals surface area contributed by atoms with Gasteiger partial charge in [-0.25, -0.2) is 12.7 Å². The number of benzene rings is 1. The van der Waals surface area contributed by atoms with Gasteiger partial charge >= 0.3 is 5.97 Å². The molecule has 0 saturated carbocycles. The molecule has 0 saturated heterocycles. The highest BCUT2D eigenvalue weighted by Gasteiger charge is 2.22. The van der Waals surface area contributed by atoms with E-state index in [1.807, 2.05) is 0 Å². The first-order valence-electron chi connectivity index (χ1n) is 4.72. The molecule has 0 spiro atoms. The summed E-state index contributed by atoms with van der Waals surface area (Å²) < 4.78 is 24.1. The molecule has 0 atom stereocenters. The normalized spacial score (nSPS) is 11.7. The fourth-order valence-electron chi connectivity index (χ4n) is 1.23. The minimum Gasteiger partial charge on any atom is -0.480 e. The Hall–Kier alpha value is -1.11. The van der Waals surface area contributed by atoms with E-state index in [1.54, 1.807) is 24.3 Å². The van der Waals surface area contributed by atoms with Crippen molar-refractivity contribution >= 4 is 27.6 Å². The number of halogens is 1. The van der Waals surface area contributed by atoms with Gasteiger partial charge in [0.1, 0.15) is 0 Å². The van der Waals surface area contributed by atoms with E-state index in [2.05, 4.69) is 0 Å². The van der Waals surface area contributed by atoms with Crippen molar-refractivity contribution in [3.8, 4) is 0 Å². The number of rotatable bonds is 5. The number of carboxylic acids is 1. The molecule has 7 heteroatoms. The molecule has 0 bridgehead atoms. The molecule has 0 heterocycles. The number of nitrogens with zero attached hydrogens (tertiary/aromatic N) is 1. The molecular weight excluding hydrogens is 266 g/mol. The summed E-state index contributed by atoms with van der Waals surface area (Å²) in [5.41, 5.74) is 0.630. The number of sulfonamides is 1. The summed E-state index contributed by atoms with van der Waals surface area (Å²) in [4.78, 5) is 10.4. The third-order valence-corrected chi connectivity index (χ3v) is 4.19. The molecule has 0 aliphatic carbocycles. The van der Waals surface area contributed by atoms with Crippen LogP contribution in [0, 0.1) is 0 Å².